The van der Waals surface area contributed by atoms with Gasteiger partial charge in [-0.1, -0.05) is 6.92 Å². The summed E-state index contributed by atoms with van der Waals surface area (Å²) in [7, 11) is 0. The molecule has 0 aliphatic carbocycles. The number of nitrogens with two attached hydrogens (primary N) is 4. The van der Waals surface area contributed by atoms with E-state index in [1.165, 1.54) is 18.2 Å². The van der Waals surface area contributed by atoms with E-state index in [1.54, 1.807) is 18.2 Å². The Balaban J connectivity index is 0.000000257. The Hall–Kier alpha value is -3.42. The van der Waals surface area contributed by atoms with Crippen LogP contribution in [0.3, 0.4) is 0 Å². The largest absolute Gasteiger partial charge is 0.478 e. The lowest BCUT2D eigenvalue weighted by Crippen LogP contribution is -2.07. The molecule has 0 heterocycles. The number of hydrogen-bond acceptors (Lipinski definition) is 7. The van der Waals surface area contributed by atoms with Crippen LogP contribution in [-0.2, 0) is 4.74 Å². The number of esters is 1. The van der Waals surface area contributed by atoms with E-state index in [9.17, 15) is 9.59 Å². The van der Waals surface area contributed by atoms with Crippen LogP contribution >= 0.6 is 0 Å². The summed E-state index contributed by atoms with van der Waals surface area (Å²) >= 11 is 0. The molecule has 0 aliphatic heterocycles. The summed E-state index contributed by atoms with van der Waals surface area (Å²) in [4.78, 5) is 21.8. The number of carbonyl (C=O) groups is 2. The molecule has 0 saturated heterocycles. The summed E-state index contributed by atoms with van der Waals surface area (Å²) in [5.74, 6) is -1.41. The average molecular weight is 346 g/mol. The number of carboxylic acids is 1. The van der Waals surface area contributed by atoms with E-state index >= 15 is 0 Å². The number of hydrogen-bond donors (Lipinski definition) is 5. The third-order valence-electron chi connectivity index (χ3n) is 2.88. The molecule has 134 valence electrons. The van der Waals surface area contributed by atoms with Crippen molar-refractivity contribution in [1.82, 2.24) is 0 Å². The normalized spacial score (nSPS) is 9.64. The summed E-state index contributed by atoms with van der Waals surface area (Å²) in [6, 6.07) is 8.92. The standard InChI is InChI=1S/C10H14N2O2.C7H8N2O2/c1-2-3-14-10(13)7-4-8(11)6-9(12)5-7;8-5-1-4(7(10)11)2-6(9)3-5/h4-6H,2-3,11-12H2,1H3;1-3H,8-9H2,(H,10,11). The molecule has 0 radical (unpaired) electrons. The summed E-state index contributed by atoms with van der Waals surface area (Å²) in [6.07, 6.45) is 0.795. The molecule has 8 heteroatoms. The molecule has 0 amide bonds. The van der Waals surface area contributed by atoms with Gasteiger partial charge in [-0.05, 0) is 42.8 Å². The van der Waals surface area contributed by atoms with Crippen molar-refractivity contribution in [2.75, 3.05) is 29.5 Å². The van der Waals surface area contributed by atoms with Crippen LogP contribution in [0.2, 0.25) is 0 Å². The maximum atomic E-state index is 11.4. The average Bonchev–Trinajstić information content (AvgIpc) is 2.51. The molecule has 0 spiro atoms. The summed E-state index contributed by atoms with van der Waals surface area (Å²) in [6.45, 7) is 2.34. The van der Waals surface area contributed by atoms with Gasteiger partial charge in [0.2, 0.25) is 0 Å². The molecule has 2 aromatic carbocycles. The van der Waals surface area contributed by atoms with Gasteiger partial charge in [0, 0.05) is 22.7 Å². The van der Waals surface area contributed by atoms with Crippen LogP contribution in [0.1, 0.15) is 34.1 Å². The van der Waals surface area contributed by atoms with Gasteiger partial charge in [-0.3, -0.25) is 0 Å². The van der Waals surface area contributed by atoms with E-state index in [0.29, 0.717) is 34.9 Å². The Labute approximate surface area is 145 Å². The number of ether oxygens (including phenoxy) is 1. The van der Waals surface area contributed by atoms with Crippen molar-refractivity contribution in [1.29, 1.82) is 0 Å². The van der Waals surface area contributed by atoms with E-state index in [-0.39, 0.29) is 11.5 Å². The quantitative estimate of drug-likeness (QED) is 0.413. The zero-order valence-corrected chi connectivity index (χ0v) is 13.9. The smallest absolute Gasteiger partial charge is 0.338 e. The van der Waals surface area contributed by atoms with E-state index in [4.69, 9.17) is 32.8 Å². The topological polar surface area (TPSA) is 168 Å². The minimum atomic E-state index is -1.02. The molecule has 0 aliphatic rings. The van der Waals surface area contributed by atoms with Crippen LogP contribution in [0.15, 0.2) is 36.4 Å². The van der Waals surface area contributed by atoms with Crippen molar-refractivity contribution in [3.8, 4) is 0 Å². The monoisotopic (exact) mass is 346 g/mol. The Morgan fingerprint density at radius 1 is 0.840 bits per heavy atom. The second kappa shape index (κ2) is 9.02. The van der Waals surface area contributed by atoms with Crippen LogP contribution in [0, 0.1) is 0 Å². The first-order valence-corrected chi connectivity index (χ1v) is 7.45. The van der Waals surface area contributed by atoms with Gasteiger partial charge >= 0.3 is 11.9 Å². The summed E-state index contributed by atoms with van der Waals surface area (Å²) < 4.78 is 4.94. The van der Waals surface area contributed by atoms with Crippen LogP contribution in [0.5, 0.6) is 0 Å². The number of aromatic carboxylic acids is 1. The highest BCUT2D eigenvalue weighted by Gasteiger charge is 2.07. The molecule has 0 aromatic heterocycles. The molecular formula is C17H22N4O4. The van der Waals surface area contributed by atoms with Crippen molar-refractivity contribution in [3.63, 3.8) is 0 Å². The van der Waals surface area contributed by atoms with E-state index in [2.05, 4.69) is 0 Å². The van der Waals surface area contributed by atoms with E-state index < -0.39 is 5.97 Å². The summed E-state index contributed by atoms with van der Waals surface area (Å²) in [5, 5.41) is 8.52. The van der Waals surface area contributed by atoms with Gasteiger partial charge in [-0.2, -0.15) is 0 Å². The zero-order chi connectivity index (χ0) is 19.0. The molecule has 8 nitrogen and oxygen atoms in total. The Kier molecular flexibility index (Phi) is 7.08. The van der Waals surface area contributed by atoms with Gasteiger partial charge in [0.15, 0.2) is 0 Å². The molecule has 0 saturated carbocycles. The van der Waals surface area contributed by atoms with Crippen LogP contribution in [0.4, 0.5) is 22.7 Å². The molecule has 9 N–H and O–H groups in total. The van der Waals surface area contributed by atoms with Crippen molar-refractivity contribution in [2.45, 2.75) is 13.3 Å². The Morgan fingerprint density at radius 3 is 1.60 bits per heavy atom. The highest BCUT2D eigenvalue weighted by atomic mass is 16.5. The predicted molar refractivity (Wildman–Crippen MR) is 98.1 cm³/mol. The van der Waals surface area contributed by atoms with Gasteiger partial charge in [-0.15, -0.1) is 0 Å². The van der Waals surface area contributed by atoms with Gasteiger partial charge in [0.25, 0.3) is 0 Å². The Morgan fingerprint density at radius 2 is 1.24 bits per heavy atom. The molecule has 2 rings (SSSR count). The number of benzene rings is 2. The molecule has 0 fully saturated rings. The number of carbonyl (C=O) groups excluding carboxylic acids is 1. The van der Waals surface area contributed by atoms with Crippen LogP contribution in [-0.4, -0.2) is 23.7 Å². The molecule has 25 heavy (non-hydrogen) atoms. The molecular weight excluding hydrogens is 324 g/mol. The minimum absolute atomic E-state index is 0.113. The molecule has 0 unspecified atom stereocenters. The van der Waals surface area contributed by atoms with Crippen molar-refractivity contribution < 1.29 is 19.4 Å². The van der Waals surface area contributed by atoms with Crippen LogP contribution < -0.4 is 22.9 Å². The van der Waals surface area contributed by atoms with E-state index in [0.717, 1.165) is 6.42 Å². The predicted octanol–water partition coefficient (Wildman–Crippen LogP) is 1.97. The van der Waals surface area contributed by atoms with E-state index in [1.807, 2.05) is 6.92 Å². The van der Waals surface area contributed by atoms with Crippen molar-refractivity contribution in [3.05, 3.63) is 47.5 Å². The molecule has 0 atom stereocenters. The lowest BCUT2D eigenvalue weighted by Gasteiger charge is -2.04. The maximum Gasteiger partial charge on any atom is 0.338 e. The fraction of sp³-hybridized carbons (Fsp3) is 0.176. The lowest BCUT2D eigenvalue weighted by molar-refractivity contribution is 0.0504. The van der Waals surface area contributed by atoms with Crippen molar-refractivity contribution in [2.24, 2.45) is 0 Å². The maximum absolute atomic E-state index is 11.4. The first kappa shape index (κ1) is 19.6. The van der Waals surface area contributed by atoms with Crippen LogP contribution in [0.25, 0.3) is 0 Å². The molecule has 2 aromatic rings. The second-order valence-electron chi connectivity index (χ2n) is 5.22. The number of rotatable bonds is 4. The second-order valence-corrected chi connectivity index (χ2v) is 5.22. The first-order chi connectivity index (χ1) is 11.7. The van der Waals surface area contributed by atoms with Gasteiger partial charge < -0.3 is 32.8 Å². The lowest BCUT2D eigenvalue weighted by atomic mass is 10.2. The van der Waals surface area contributed by atoms with Gasteiger partial charge in [0.05, 0.1) is 17.7 Å². The third kappa shape index (κ3) is 6.69. The minimum Gasteiger partial charge on any atom is -0.478 e. The number of nitrogen functional groups attached to an aromatic ring is 4. The highest BCUT2D eigenvalue weighted by Crippen LogP contribution is 2.14. The Bertz CT molecular complexity index is 722. The number of anilines is 4. The summed E-state index contributed by atoms with van der Waals surface area (Å²) in [5.41, 5.74) is 24.0. The van der Waals surface area contributed by atoms with Crippen molar-refractivity contribution >= 4 is 34.7 Å². The fourth-order valence-electron chi connectivity index (χ4n) is 1.87. The third-order valence-corrected chi connectivity index (χ3v) is 2.88. The SMILES string of the molecule is CCCOC(=O)c1cc(N)cc(N)c1.Nc1cc(N)cc(C(=O)O)c1. The van der Waals surface area contributed by atoms with Gasteiger partial charge in [0.1, 0.15) is 0 Å². The first-order valence-electron chi connectivity index (χ1n) is 7.45. The highest BCUT2D eigenvalue weighted by molar-refractivity contribution is 5.91. The van der Waals surface area contributed by atoms with Gasteiger partial charge in [-0.25, -0.2) is 9.59 Å². The fourth-order valence-corrected chi connectivity index (χ4v) is 1.87. The zero-order valence-electron chi connectivity index (χ0n) is 13.9. The molecule has 0 bridgehead atoms. The number of carboxylic acid groups (broad SMARTS) is 1.